The lowest BCUT2D eigenvalue weighted by molar-refractivity contribution is 0.394. The molecule has 0 fully saturated rings. The van der Waals surface area contributed by atoms with Crippen molar-refractivity contribution in [2.24, 2.45) is 0 Å². The smallest absolute Gasteiger partial charge is 0.230 e. The molecule has 1 N–H and O–H groups in total. The highest BCUT2D eigenvalue weighted by molar-refractivity contribution is 7.15. The van der Waals surface area contributed by atoms with E-state index in [1.807, 2.05) is 19.0 Å². The minimum absolute atomic E-state index is 0.101. The first kappa shape index (κ1) is 13.8. The Bertz CT molecular complexity index is 395. The number of hydrogen-bond donors (Lipinski definition) is 1. The van der Waals surface area contributed by atoms with E-state index in [2.05, 4.69) is 23.1 Å². The van der Waals surface area contributed by atoms with Crippen LogP contribution in [0.1, 0.15) is 18.2 Å². The van der Waals surface area contributed by atoms with Gasteiger partial charge in [0.1, 0.15) is 0 Å². The molecular formula is C12H19N3OS. The van der Waals surface area contributed by atoms with Crippen LogP contribution in [0.25, 0.3) is 0 Å². The zero-order valence-corrected chi connectivity index (χ0v) is 11.6. The summed E-state index contributed by atoms with van der Waals surface area (Å²) in [5.41, 5.74) is 0. The molecule has 1 unspecified atom stereocenters. The second-order valence-electron chi connectivity index (χ2n) is 3.83. The third-order valence-corrected chi connectivity index (χ3v) is 3.55. The number of thiazole rings is 1. The van der Waals surface area contributed by atoms with E-state index in [4.69, 9.17) is 11.2 Å². The number of rotatable bonds is 6. The molecule has 0 spiro atoms. The lowest BCUT2D eigenvalue weighted by atomic mass is 10.2. The van der Waals surface area contributed by atoms with Crippen LogP contribution >= 0.6 is 11.3 Å². The van der Waals surface area contributed by atoms with Gasteiger partial charge >= 0.3 is 0 Å². The monoisotopic (exact) mass is 253 g/mol. The molecule has 94 valence electrons. The van der Waals surface area contributed by atoms with Crippen molar-refractivity contribution in [1.29, 1.82) is 0 Å². The lowest BCUT2D eigenvalue weighted by Crippen LogP contribution is -2.25. The van der Waals surface area contributed by atoms with Gasteiger partial charge < -0.3 is 9.64 Å². The molecule has 0 aliphatic carbocycles. The van der Waals surface area contributed by atoms with Crippen LogP contribution in [0, 0.1) is 12.3 Å². The van der Waals surface area contributed by atoms with Gasteiger partial charge in [-0.25, -0.2) is 0 Å². The minimum Gasteiger partial charge on any atom is -0.480 e. The molecular weight excluding hydrogens is 234 g/mol. The quantitative estimate of drug-likeness (QED) is 0.783. The van der Waals surface area contributed by atoms with E-state index in [-0.39, 0.29) is 6.04 Å². The first-order chi connectivity index (χ1) is 8.12. The predicted molar refractivity (Wildman–Crippen MR) is 72.7 cm³/mol. The molecule has 0 amide bonds. The molecule has 1 rings (SSSR count). The number of nitrogens with one attached hydrogen (secondary N) is 1. The Morgan fingerprint density at radius 1 is 1.59 bits per heavy atom. The molecule has 17 heavy (non-hydrogen) atoms. The highest BCUT2D eigenvalue weighted by atomic mass is 32.1. The average molecular weight is 253 g/mol. The first-order valence-electron chi connectivity index (χ1n) is 5.52. The molecule has 0 radical (unpaired) electrons. The molecule has 1 heterocycles. The van der Waals surface area contributed by atoms with Gasteiger partial charge in [-0.3, -0.25) is 5.32 Å². The zero-order valence-electron chi connectivity index (χ0n) is 10.8. The van der Waals surface area contributed by atoms with Crippen molar-refractivity contribution in [3.8, 4) is 18.2 Å². The van der Waals surface area contributed by atoms with Crippen LogP contribution in [0.15, 0.2) is 0 Å². The lowest BCUT2D eigenvalue weighted by Gasteiger charge is -2.09. The summed E-state index contributed by atoms with van der Waals surface area (Å²) in [6.07, 6.45) is 6.32. The minimum atomic E-state index is 0.101. The number of hydrogen-bond acceptors (Lipinski definition) is 5. The van der Waals surface area contributed by atoms with Crippen LogP contribution in [0.4, 0.5) is 5.13 Å². The van der Waals surface area contributed by atoms with Gasteiger partial charge in [-0.1, -0.05) is 24.2 Å². The topological polar surface area (TPSA) is 37.4 Å². The Kier molecular flexibility index (Phi) is 5.26. The fourth-order valence-electron chi connectivity index (χ4n) is 1.33. The molecule has 0 saturated heterocycles. The molecule has 5 heteroatoms. The van der Waals surface area contributed by atoms with Crippen molar-refractivity contribution < 1.29 is 4.74 Å². The van der Waals surface area contributed by atoms with Crippen LogP contribution in [0.5, 0.6) is 5.88 Å². The standard InChI is InChI=1S/C12H19N3OS/c1-6-9(7-2)13-8-10-11(16-5)14-12(17-10)15(3)4/h1,9,13H,7-8H2,2-5H3. The average Bonchev–Trinajstić information content (AvgIpc) is 2.74. The summed E-state index contributed by atoms with van der Waals surface area (Å²) < 4.78 is 5.26. The molecule has 0 aliphatic heterocycles. The Labute approximate surface area is 107 Å². The summed E-state index contributed by atoms with van der Waals surface area (Å²) in [5, 5.41) is 4.24. The predicted octanol–water partition coefficient (Wildman–Crippen LogP) is 1.72. The highest BCUT2D eigenvalue weighted by Crippen LogP contribution is 2.30. The number of methoxy groups -OCH3 is 1. The van der Waals surface area contributed by atoms with Gasteiger partial charge in [-0.05, 0) is 6.42 Å². The SMILES string of the molecule is C#CC(CC)NCc1sc(N(C)C)nc1OC. The van der Waals surface area contributed by atoms with Gasteiger partial charge in [0.15, 0.2) is 5.13 Å². The number of terminal acetylenes is 1. The molecule has 4 nitrogen and oxygen atoms in total. The largest absolute Gasteiger partial charge is 0.480 e. The first-order valence-corrected chi connectivity index (χ1v) is 6.34. The van der Waals surface area contributed by atoms with Crippen LogP contribution < -0.4 is 15.0 Å². The number of ether oxygens (including phenoxy) is 1. The Balaban J connectivity index is 2.73. The van der Waals surface area contributed by atoms with Crippen molar-refractivity contribution in [3.63, 3.8) is 0 Å². The fourth-order valence-corrected chi connectivity index (χ4v) is 2.23. The molecule has 1 aromatic rings. The maximum atomic E-state index is 5.41. The summed E-state index contributed by atoms with van der Waals surface area (Å²) in [5.74, 6) is 3.39. The normalized spacial score (nSPS) is 11.9. The van der Waals surface area contributed by atoms with E-state index in [9.17, 15) is 0 Å². The van der Waals surface area contributed by atoms with Gasteiger partial charge in [0.25, 0.3) is 0 Å². The van der Waals surface area contributed by atoms with Crippen molar-refractivity contribution in [2.75, 3.05) is 26.1 Å². The van der Waals surface area contributed by atoms with E-state index in [0.29, 0.717) is 12.4 Å². The van der Waals surface area contributed by atoms with E-state index in [1.54, 1.807) is 18.4 Å². The second-order valence-corrected chi connectivity index (χ2v) is 4.89. The summed E-state index contributed by atoms with van der Waals surface area (Å²) in [6.45, 7) is 2.75. The molecule has 1 atom stereocenters. The zero-order chi connectivity index (χ0) is 12.8. The summed E-state index contributed by atoms with van der Waals surface area (Å²) in [4.78, 5) is 7.43. The Morgan fingerprint density at radius 3 is 2.76 bits per heavy atom. The summed E-state index contributed by atoms with van der Waals surface area (Å²) in [7, 11) is 5.56. The van der Waals surface area contributed by atoms with Crippen molar-refractivity contribution in [3.05, 3.63) is 4.88 Å². The van der Waals surface area contributed by atoms with Crippen LogP contribution in [0.3, 0.4) is 0 Å². The second kappa shape index (κ2) is 6.48. The van der Waals surface area contributed by atoms with Gasteiger partial charge in [-0.15, -0.1) is 6.42 Å². The molecule has 0 saturated carbocycles. The molecule has 1 aromatic heterocycles. The maximum Gasteiger partial charge on any atom is 0.230 e. The van der Waals surface area contributed by atoms with E-state index in [1.165, 1.54) is 0 Å². The fraction of sp³-hybridized carbons (Fsp3) is 0.583. The van der Waals surface area contributed by atoms with Gasteiger partial charge in [-0.2, -0.15) is 4.98 Å². The van der Waals surface area contributed by atoms with E-state index in [0.717, 1.165) is 16.4 Å². The van der Waals surface area contributed by atoms with E-state index >= 15 is 0 Å². The van der Waals surface area contributed by atoms with E-state index < -0.39 is 0 Å². The molecule has 0 bridgehead atoms. The van der Waals surface area contributed by atoms with Crippen molar-refractivity contribution in [1.82, 2.24) is 10.3 Å². The van der Waals surface area contributed by atoms with Crippen molar-refractivity contribution in [2.45, 2.75) is 25.9 Å². The third kappa shape index (κ3) is 3.62. The highest BCUT2D eigenvalue weighted by Gasteiger charge is 2.13. The molecule has 0 aromatic carbocycles. The molecule has 0 aliphatic rings. The Hall–Kier alpha value is -1.25. The third-order valence-electron chi connectivity index (χ3n) is 2.34. The maximum absolute atomic E-state index is 5.41. The number of nitrogens with zero attached hydrogens (tertiary/aromatic N) is 2. The summed E-state index contributed by atoms with van der Waals surface area (Å²) in [6, 6.07) is 0.101. The van der Waals surface area contributed by atoms with Gasteiger partial charge in [0.05, 0.1) is 18.0 Å². The number of aromatic nitrogens is 1. The Morgan fingerprint density at radius 2 is 2.29 bits per heavy atom. The van der Waals surface area contributed by atoms with Gasteiger partial charge in [0.2, 0.25) is 5.88 Å². The van der Waals surface area contributed by atoms with Crippen LogP contribution in [0.2, 0.25) is 0 Å². The van der Waals surface area contributed by atoms with Crippen LogP contribution in [-0.4, -0.2) is 32.2 Å². The number of anilines is 1. The van der Waals surface area contributed by atoms with Crippen molar-refractivity contribution >= 4 is 16.5 Å². The van der Waals surface area contributed by atoms with Gasteiger partial charge in [0, 0.05) is 20.6 Å². The van der Waals surface area contributed by atoms with Crippen LogP contribution in [-0.2, 0) is 6.54 Å². The summed E-state index contributed by atoms with van der Waals surface area (Å²) >= 11 is 1.61.